The number of unbranched alkanes of at least 4 members (excludes halogenated alkanes) is 3. The average molecular weight is 436 g/mol. The van der Waals surface area contributed by atoms with Gasteiger partial charge in [-0.1, -0.05) is 0 Å². The number of hydrogen-bond acceptors (Lipinski definition) is 1. The molecule has 0 N–H and O–H groups in total. The predicted molar refractivity (Wildman–Crippen MR) is 103 cm³/mol. The second-order valence-electron chi connectivity index (χ2n) is 8.15. The molecule has 1 saturated heterocycles. The molecule has 0 amide bonds. The molecule has 2 unspecified atom stereocenters. The molecular formula is C18H39NOSSn. The summed E-state index contributed by atoms with van der Waals surface area (Å²) >= 11 is -2.18. The Kier molecular flexibility index (Phi) is 8.96. The first kappa shape index (κ1) is 21.0. The van der Waals surface area contributed by atoms with Crippen LogP contribution in [0.25, 0.3) is 0 Å². The van der Waals surface area contributed by atoms with Crippen molar-refractivity contribution in [3.8, 4) is 0 Å². The van der Waals surface area contributed by atoms with Gasteiger partial charge in [0.1, 0.15) is 0 Å². The van der Waals surface area contributed by atoms with E-state index in [1.165, 1.54) is 51.8 Å². The molecule has 0 spiro atoms. The Hall–Kier alpha value is 0.909. The summed E-state index contributed by atoms with van der Waals surface area (Å²) in [6, 6.07) is 0. The van der Waals surface area contributed by atoms with Crippen LogP contribution >= 0.6 is 0 Å². The Balaban J connectivity index is 2.86. The van der Waals surface area contributed by atoms with Gasteiger partial charge in [0, 0.05) is 0 Å². The maximum absolute atomic E-state index is 12.8. The monoisotopic (exact) mass is 437 g/mol. The standard InChI is InChI=1S/C6H12NOS.3C4H9.Sn/c1-6(2,3)9(8)7-4-5-7;3*1-3-4-2;/h4H,5H2,1-3H3;3*1,3-4H2,2H3;. The molecule has 0 aromatic heterocycles. The quantitative estimate of drug-likeness (QED) is 0.309. The summed E-state index contributed by atoms with van der Waals surface area (Å²) in [6.45, 7) is 14.5. The van der Waals surface area contributed by atoms with Crippen LogP contribution in [0.15, 0.2) is 0 Å². The Morgan fingerprint density at radius 3 is 1.68 bits per heavy atom. The van der Waals surface area contributed by atoms with Gasteiger partial charge in [0.15, 0.2) is 0 Å². The average Bonchev–Trinajstić information content (AvgIpc) is 3.26. The fourth-order valence-electron chi connectivity index (χ4n) is 3.62. The fraction of sp³-hybridized carbons (Fsp3) is 1.00. The molecule has 0 aromatic carbocycles. The Morgan fingerprint density at radius 1 is 0.955 bits per heavy atom. The minimum absolute atomic E-state index is 0.0906. The Bertz CT molecular complexity index is 332. The second-order valence-corrected chi connectivity index (χ2v) is 24.3. The van der Waals surface area contributed by atoms with Crippen LogP contribution in [-0.4, -0.2) is 42.2 Å². The van der Waals surface area contributed by atoms with Crippen LogP contribution in [-0.2, 0) is 11.0 Å². The summed E-state index contributed by atoms with van der Waals surface area (Å²) in [5, 5.41) is 0. The minimum atomic E-state index is -2.18. The predicted octanol–water partition coefficient (Wildman–Crippen LogP) is 5.52. The summed E-state index contributed by atoms with van der Waals surface area (Å²) in [6.07, 6.45) is 8.21. The van der Waals surface area contributed by atoms with Gasteiger partial charge in [-0.2, -0.15) is 0 Å². The first-order valence-electron chi connectivity index (χ1n) is 9.51. The Labute approximate surface area is 146 Å². The van der Waals surface area contributed by atoms with Crippen LogP contribution in [0.1, 0.15) is 80.1 Å². The number of rotatable bonds is 11. The molecule has 1 rings (SSSR count). The van der Waals surface area contributed by atoms with Crippen molar-refractivity contribution in [2.75, 3.05) is 6.54 Å². The summed E-state index contributed by atoms with van der Waals surface area (Å²) in [5.41, 5.74) is 0. The zero-order valence-corrected chi connectivity index (χ0v) is 19.6. The molecule has 132 valence electrons. The van der Waals surface area contributed by atoms with Gasteiger partial charge in [0.2, 0.25) is 0 Å². The molecule has 4 heteroatoms. The summed E-state index contributed by atoms with van der Waals surface area (Å²) < 4.78 is 20.5. The zero-order valence-electron chi connectivity index (χ0n) is 15.9. The fourth-order valence-corrected chi connectivity index (χ4v) is 25.0. The van der Waals surface area contributed by atoms with Gasteiger partial charge in [-0.15, -0.1) is 0 Å². The molecular weight excluding hydrogens is 397 g/mol. The molecule has 0 radical (unpaired) electrons. The van der Waals surface area contributed by atoms with Gasteiger partial charge in [-0.05, 0) is 0 Å². The van der Waals surface area contributed by atoms with Crippen LogP contribution in [0, 0.1) is 0 Å². The van der Waals surface area contributed by atoms with E-state index >= 15 is 0 Å². The van der Waals surface area contributed by atoms with Gasteiger partial charge in [0.05, 0.1) is 0 Å². The third-order valence-electron chi connectivity index (χ3n) is 5.10. The van der Waals surface area contributed by atoms with Crippen LogP contribution in [0.5, 0.6) is 0 Å². The molecule has 22 heavy (non-hydrogen) atoms. The van der Waals surface area contributed by atoms with E-state index in [-0.39, 0.29) is 4.75 Å². The van der Waals surface area contributed by atoms with Crippen molar-refractivity contribution < 1.29 is 4.21 Å². The van der Waals surface area contributed by atoms with E-state index in [4.69, 9.17) is 0 Å². The number of nitrogens with zero attached hydrogens (tertiary/aromatic N) is 1. The molecule has 0 saturated carbocycles. The molecule has 1 fully saturated rings. The molecule has 2 nitrogen and oxygen atoms in total. The van der Waals surface area contributed by atoms with E-state index < -0.39 is 29.4 Å². The topological polar surface area (TPSA) is 20.1 Å². The van der Waals surface area contributed by atoms with Crippen molar-refractivity contribution in [2.24, 2.45) is 0 Å². The summed E-state index contributed by atoms with van der Waals surface area (Å²) in [4.78, 5) is 0. The van der Waals surface area contributed by atoms with Crippen molar-refractivity contribution in [1.29, 1.82) is 0 Å². The van der Waals surface area contributed by atoms with Crippen molar-refractivity contribution in [1.82, 2.24) is 4.31 Å². The van der Waals surface area contributed by atoms with Gasteiger partial charge in [0.25, 0.3) is 0 Å². The SMILES string of the molecule is CCC[CH2][Sn]([CH2]CCC)([CH2]CCC)[C@H]1CN1S(=O)C(C)(C)C. The molecule has 3 atom stereocenters. The van der Waals surface area contributed by atoms with Crippen molar-refractivity contribution in [2.45, 2.75) is 102 Å². The van der Waals surface area contributed by atoms with E-state index in [0.717, 1.165) is 10.6 Å². The molecule has 0 aromatic rings. The van der Waals surface area contributed by atoms with Gasteiger partial charge in [-0.3, -0.25) is 0 Å². The molecule has 1 aliphatic rings. The van der Waals surface area contributed by atoms with Crippen LogP contribution in [0.3, 0.4) is 0 Å². The van der Waals surface area contributed by atoms with Crippen LogP contribution in [0.4, 0.5) is 0 Å². The molecule has 0 bridgehead atoms. The summed E-state index contributed by atoms with van der Waals surface area (Å²) in [7, 11) is -0.785. The van der Waals surface area contributed by atoms with Crippen LogP contribution < -0.4 is 0 Å². The first-order valence-corrected chi connectivity index (χ1v) is 18.3. The number of hydrogen-bond donors (Lipinski definition) is 0. The van der Waals surface area contributed by atoms with E-state index in [9.17, 15) is 4.21 Å². The van der Waals surface area contributed by atoms with E-state index in [1.54, 1.807) is 0 Å². The third-order valence-corrected chi connectivity index (χ3v) is 24.5. The normalized spacial score (nSPS) is 23.5. The zero-order chi connectivity index (χ0) is 16.8. The second kappa shape index (κ2) is 9.41. The van der Waals surface area contributed by atoms with Gasteiger partial charge < -0.3 is 0 Å². The molecule has 1 aliphatic heterocycles. The van der Waals surface area contributed by atoms with E-state index in [1.807, 2.05) is 0 Å². The maximum atomic E-state index is 12.8. The van der Waals surface area contributed by atoms with Crippen molar-refractivity contribution >= 4 is 29.4 Å². The third kappa shape index (κ3) is 5.77. The Morgan fingerprint density at radius 2 is 1.36 bits per heavy atom. The molecule has 0 aliphatic carbocycles. The van der Waals surface area contributed by atoms with E-state index in [0.29, 0.717) is 0 Å². The van der Waals surface area contributed by atoms with Crippen molar-refractivity contribution in [3.63, 3.8) is 0 Å². The van der Waals surface area contributed by atoms with E-state index in [2.05, 4.69) is 45.8 Å². The van der Waals surface area contributed by atoms with Gasteiger partial charge in [-0.25, -0.2) is 0 Å². The van der Waals surface area contributed by atoms with Gasteiger partial charge >= 0.3 is 147 Å². The summed E-state index contributed by atoms with van der Waals surface area (Å²) in [5.74, 6) is 0. The first-order chi connectivity index (χ1) is 10.3. The van der Waals surface area contributed by atoms with Crippen LogP contribution in [0.2, 0.25) is 13.3 Å². The molecule has 1 heterocycles. The van der Waals surface area contributed by atoms with Crippen molar-refractivity contribution in [3.05, 3.63) is 0 Å².